The molecular weight excluding hydrogens is 440 g/mol. The lowest BCUT2D eigenvalue weighted by Crippen LogP contribution is -2.09. The minimum atomic E-state index is -4.54. The fourth-order valence-electron chi connectivity index (χ4n) is 2.19. The minimum absolute atomic E-state index is 0.0234. The van der Waals surface area contributed by atoms with E-state index in [1.54, 1.807) is 24.3 Å². The van der Waals surface area contributed by atoms with Crippen LogP contribution < -0.4 is 0 Å². The molecule has 0 aliphatic rings. The molecule has 3 aromatic rings. The van der Waals surface area contributed by atoms with Gasteiger partial charge < -0.3 is 4.84 Å². The topological polar surface area (TPSA) is 52.3 Å². The zero-order chi connectivity index (χ0) is 20.3. The second-order valence-corrected chi connectivity index (χ2v) is 6.62. The molecule has 1 aromatic carbocycles. The van der Waals surface area contributed by atoms with E-state index in [-0.39, 0.29) is 17.4 Å². The van der Waals surface area contributed by atoms with Gasteiger partial charge in [-0.25, -0.2) is 9.67 Å². The summed E-state index contributed by atoms with van der Waals surface area (Å²) in [6.07, 6.45) is -1.13. The number of halogens is 6. The molecule has 2 heterocycles. The van der Waals surface area contributed by atoms with E-state index in [9.17, 15) is 13.2 Å². The molecule has 0 saturated carbocycles. The highest BCUT2D eigenvalue weighted by Crippen LogP contribution is 2.32. The number of aromatic nitrogens is 3. The van der Waals surface area contributed by atoms with Crippen LogP contribution in [0.1, 0.15) is 16.8 Å². The molecule has 0 aliphatic carbocycles. The van der Waals surface area contributed by atoms with Gasteiger partial charge in [0, 0.05) is 21.8 Å². The van der Waals surface area contributed by atoms with E-state index in [1.807, 2.05) is 0 Å². The third kappa shape index (κ3) is 4.57. The van der Waals surface area contributed by atoms with Gasteiger partial charge in [0.05, 0.1) is 28.7 Å². The van der Waals surface area contributed by atoms with Crippen molar-refractivity contribution in [3.63, 3.8) is 0 Å². The Morgan fingerprint density at radius 2 is 1.82 bits per heavy atom. The largest absolute Gasteiger partial charge is 0.417 e. The van der Waals surface area contributed by atoms with Crippen molar-refractivity contribution in [2.24, 2.45) is 5.16 Å². The smallest absolute Gasteiger partial charge is 0.391 e. The molecule has 0 fully saturated rings. The zero-order valence-electron chi connectivity index (χ0n) is 13.8. The quantitative estimate of drug-likeness (QED) is 0.365. The van der Waals surface area contributed by atoms with E-state index in [0.717, 1.165) is 6.07 Å². The number of benzene rings is 1. The Morgan fingerprint density at radius 1 is 1.11 bits per heavy atom. The molecule has 11 heteroatoms. The summed E-state index contributed by atoms with van der Waals surface area (Å²) in [5, 5.41) is 8.48. The van der Waals surface area contributed by atoms with E-state index in [4.69, 9.17) is 39.6 Å². The van der Waals surface area contributed by atoms with Crippen molar-refractivity contribution in [3.8, 4) is 5.82 Å². The van der Waals surface area contributed by atoms with Gasteiger partial charge in [0.1, 0.15) is 6.61 Å². The Bertz CT molecular complexity index is 1000. The maximum absolute atomic E-state index is 12.7. The highest BCUT2D eigenvalue weighted by molar-refractivity contribution is 6.36. The van der Waals surface area contributed by atoms with Gasteiger partial charge in [0.2, 0.25) is 0 Å². The molecule has 0 aliphatic heterocycles. The normalized spacial score (nSPS) is 11.9. The number of hydrogen-bond donors (Lipinski definition) is 0. The standard InChI is InChI=1S/C17H10Cl3F3N4O/c18-13-2-1-3-14(19)12(13)9-28-26-8-11-4-5-25-27(11)16-15(20)6-10(7-24-16)17(21,22)23/h1-8H,9H2. The maximum Gasteiger partial charge on any atom is 0.417 e. The van der Waals surface area contributed by atoms with Crippen LogP contribution in [0.25, 0.3) is 5.82 Å². The number of hydrogen-bond acceptors (Lipinski definition) is 4. The van der Waals surface area contributed by atoms with Crippen LogP contribution in [0.4, 0.5) is 13.2 Å². The van der Waals surface area contributed by atoms with Crippen LogP contribution in [-0.4, -0.2) is 21.0 Å². The van der Waals surface area contributed by atoms with Crippen molar-refractivity contribution in [3.05, 3.63) is 74.6 Å². The molecule has 0 atom stereocenters. The van der Waals surface area contributed by atoms with E-state index < -0.39 is 11.7 Å². The summed E-state index contributed by atoms with van der Waals surface area (Å²) in [6.45, 7) is 0.0302. The Labute approximate surface area is 172 Å². The molecule has 0 bridgehead atoms. The Kier molecular flexibility index (Phi) is 6.12. The van der Waals surface area contributed by atoms with Crippen LogP contribution in [0.15, 0.2) is 47.9 Å². The summed E-state index contributed by atoms with van der Waals surface area (Å²) in [7, 11) is 0. The average molecular weight is 450 g/mol. The lowest BCUT2D eigenvalue weighted by atomic mass is 10.2. The molecule has 28 heavy (non-hydrogen) atoms. The summed E-state index contributed by atoms with van der Waals surface area (Å²) in [4.78, 5) is 8.95. The van der Waals surface area contributed by atoms with E-state index in [2.05, 4.69) is 15.2 Å². The zero-order valence-corrected chi connectivity index (χ0v) is 16.1. The Hall–Kier alpha value is -2.29. The monoisotopic (exact) mass is 448 g/mol. The van der Waals surface area contributed by atoms with Crippen molar-refractivity contribution in [1.82, 2.24) is 14.8 Å². The highest BCUT2D eigenvalue weighted by atomic mass is 35.5. The van der Waals surface area contributed by atoms with Crippen molar-refractivity contribution >= 4 is 41.0 Å². The average Bonchev–Trinajstić information content (AvgIpc) is 3.08. The molecule has 146 valence electrons. The predicted molar refractivity (Wildman–Crippen MR) is 100 cm³/mol. The van der Waals surface area contributed by atoms with Gasteiger partial charge in [0.15, 0.2) is 5.82 Å². The number of pyridine rings is 1. The van der Waals surface area contributed by atoms with Gasteiger partial charge in [-0.1, -0.05) is 46.0 Å². The number of nitrogens with zero attached hydrogens (tertiary/aromatic N) is 4. The van der Waals surface area contributed by atoms with Crippen molar-refractivity contribution in [2.45, 2.75) is 12.8 Å². The molecular formula is C17H10Cl3F3N4O. The molecule has 0 amide bonds. The van der Waals surface area contributed by atoms with E-state index >= 15 is 0 Å². The maximum atomic E-state index is 12.7. The van der Waals surface area contributed by atoms with Crippen LogP contribution >= 0.6 is 34.8 Å². The molecule has 3 rings (SSSR count). The summed E-state index contributed by atoms with van der Waals surface area (Å²) in [5.41, 5.74) is 0.00642. The van der Waals surface area contributed by atoms with Gasteiger partial charge in [-0.3, -0.25) is 0 Å². The third-order valence-electron chi connectivity index (χ3n) is 3.55. The molecule has 0 N–H and O–H groups in total. The van der Waals surface area contributed by atoms with Crippen LogP contribution in [-0.2, 0) is 17.6 Å². The molecule has 0 radical (unpaired) electrons. The molecule has 0 spiro atoms. The fraction of sp³-hybridized carbons (Fsp3) is 0.118. The second-order valence-electron chi connectivity index (χ2n) is 5.40. The number of rotatable bonds is 5. The first-order chi connectivity index (χ1) is 13.3. The fourth-order valence-corrected chi connectivity index (χ4v) is 2.95. The highest BCUT2D eigenvalue weighted by Gasteiger charge is 2.31. The number of oxime groups is 1. The first-order valence-electron chi connectivity index (χ1n) is 7.62. The third-order valence-corrected chi connectivity index (χ3v) is 4.54. The van der Waals surface area contributed by atoms with E-state index in [0.29, 0.717) is 27.5 Å². The molecule has 5 nitrogen and oxygen atoms in total. The number of alkyl halides is 3. The van der Waals surface area contributed by atoms with Crippen LogP contribution in [0.2, 0.25) is 15.1 Å². The summed E-state index contributed by atoms with van der Waals surface area (Å²) in [6, 6.07) is 7.39. The van der Waals surface area contributed by atoms with Crippen molar-refractivity contribution < 1.29 is 18.0 Å². The van der Waals surface area contributed by atoms with Gasteiger partial charge in [0.25, 0.3) is 0 Å². The van der Waals surface area contributed by atoms with Gasteiger partial charge >= 0.3 is 6.18 Å². The van der Waals surface area contributed by atoms with E-state index in [1.165, 1.54) is 17.1 Å². The SMILES string of the molecule is FC(F)(F)c1cnc(-n2nccc2C=NOCc2c(Cl)cccc2Cl)c(Cl)c1. The van der Waals surface area contributed by atoms with Crippen LogP contribution in [0.3, 0.4) is 0 Å². The van der Waals surface area contributed by atoms with Crippen LogP contribution in [0, 0.1) is 0 Å². The van der Waals surface area contributed by atoms with Crippen molar-refractivity contribution in [2.75, 3.05) is 0 Å². The predicted octanol–water partition coefficient (Wildman–Crippen LogP) is 5.80. The molecule has 2 aromatic heterocycles. The minimum Gasteiger partial charge on any atom is -0.391 e. The lowest BCUT2D eigenvalue weighted by molar-refractivity contribution is -0.137. The van der Waals surface area contributed by atoms with Crippen LogP contribution in [0.5, 0.6) is 0 Å². The van der Waals surface area contributed by atoms with Gasteiger partial charge in [-0.05, 0) is 24.3 Å². The Morgan fingerprint density at radius 3 is 2.46 bits per heavy atom. The van der Waals surface area contributed by atoms with Crippen molar-refractivity contribution in [1.29, 1.82) is 0 Å². The summed E-state index contributed by atoms with van der Waals surface area (Å²) >= 11 is 18.0. The first kappa shape index (κ1) is 20.4. The lowest BCUT2D eigenvalue weighted by Gasteiger charge is -2.10. The summed E-state index contributed by atoms with van der Waals surface area (Å²) < 4.78 is 39.5. The summed E-state index contributed by atoms with van der Waals surface area (Å²) in [5.74, 6) is 0.0234. The van der Waals surface area contributed by atoms with Gasteiger partial charge in [-0.15, -0.1) is 0 Å². The van der Waals surface area contributed by atoms with Gasteiger partial charge in [-0.2, -0.15) is 18.3 Å². The molecule has 0 saturated heterocycles. The molecule has 0 unspecified atom stereocenters. The Balaban J connectivity index is 1.76. The second kappa shape index (κ2) is 8.38. The first-order valence-corrected chi connectivity index (χ1v) is 8.76.